The number of rotatable bonds is 6. The first-order valence-electron chi connectivity index (χ1n) is 9.57. The smallest absolute Gasteiger partial charge is 0.407 e. The number of fused-ring (bicyclic) bond motifs is 1. The van der Waals surface area contributed by atoms with Gasteiger partial charge in [-0.2, -0.15) is 5.26 Å². The third kappa shape index (κ3) is 6.42. The molecule has 1 aliphatic rings. The number of alkyl halides is 1. The number of nitrogens with one attached hydrogen (secondary N) is 1. The van der Waals surface area contributed by atoms with Crippen molar-refractivity contribution < 1.29 is 14.3 Å². The van der Waals surface area contributed by atoms with Crippen molar-refractivity contribution >= 4 is 23.6 Å². The molecule has 1 atom stereocenters. The van der Waals surface area contributed by atoms with Gasteiger partial charge < -0.3 is 15.0 Å². The summed E-state index contributed by atoms with van der Waals surface area (Å²) in [5.41, 5.74) is 2.47. The fourth-order valence-electron chi connectivity index (χ4n) is 3.45. The van der Waals surface area contributed by atoms with Gasteiger partial charge in [-0.25, -0.2) is 4.79 Å². The van der Waals surface area contributed by atoms with E-state index >= 15 is 0 Å². The number of alkyl carbamates (subject to hydrolysis) is 1. The highest BCUT2D eigenvalue weighted by molar-refractivity contribution is 6.27. The number of hydrogen-bond acceptors (Lipinski definition) is 4. The Balaban J connectivity index is 2.01. The van der Waals surface area contributed by atoms with Crippen molar-refractivity contribution in [2.24, 2.45) is 0 Å². The fourth-order valence-corrected chi connectivity index (χ4v) is 3.62. The predicted octanol–water partition coefficient (Wildman–Crippen LogP) is 3.57. The van der Waals surface area contributed by atoms with Gasteiger partial charge in [-0.1, -0.05) is 6.07 Å². The van der Waals surface area contributed by atoms with Crippen molar-refractivity contribution in [3.63, 3.8) is 0 Å². The summed E-state index contributed by atoms with van der Waals surface area (Å²) in [6.07, 6.45) is 2.44. The Labute approximate surface area is 171 Å². The van der Waals surface area contributed by atoms with E-state index in [-0.39, 0.29) is 17.7 Å². The minimum absolute atomic E-state index is 0.0978. The molecular weight excluding hydrogens is 378 g/mol. The highest BCUT2D eigenvalue weighted by atomic mass is 35.5. The largest absolute Gasteiger partial charge is 0.444 e. The number of aryl methyl sites for hydroxylation is 1. The average Bonchev–Trinajstić information content (AvgIpc) is 2.64. The molecule has 0 aliphatic heterocycles. The Kier molecular flexibility index (Phi) is 7.70. The molecule has 0 unspecified atom stereocenters. The van der Waals surface area contributed by atoms with Crippen LogP contribution in [0.4, 0.5) is 4.79 Å². The SMILES string of the molecule is CC(C)(C)OC(=O)NCCN(C[C@H]1CCCc2cc(C#N)ccc21)C(=O)CCl. The number of hydrogen-bond donors (Lipinski definition) is 1. The number of carbonyl (C=O) groups is 2. The standard InChI is InChI=1S/C21H28ClN3O3/c1-21(2,3)28-20(27)24-9-10-25(19(26)12-22)14-17-6-4-5-16-11-15(13-23)7-8-18(16)17/h7-8,11,17H,4-6,9-10,12,14H2,1-3H3,(H,24,27)/t17-/m1/s1. The quantitative estimate of drug-likeness (QED) is 0.733. The highest BCUT2D eigenvalue weighted by Crippen LogP contribution is 2.32. The number of benzene rings is 1. The zero-order chi connectivity index (χ0) is 20.7. The van der Waals surface area contributed by atoms with E-state index in [0.717, 1.165) is 19.3 Å². The predicted molar refractivity (Wildman–Crippen MR) is 108 cm³/mol. The van der Waals surface area contributed by atoms with Crippen molar-refractivity contribution in [2.75, 3.05) is 25.5 Å². The Morgan fingerprint density at radius 3 is 2.79 bits per heavy atom. The maximum absolute atomic E-state index is 12.3. The number of ether oxygens (including phenoxy) is 1. The van der Waals surface area contributed by atoms with Crippen molar-refractivity contribution in [3.8, 4) is 6.07 Å². The van der Waals surface area contributed by atoms with E-state index in [4.69, 9.17) is 21.6 Å². The van der Waals surface area contributed by atoms with E-state index in [2.05, 4.69) is 11.4 Å². The minimum Gasteiger partial charge on any atom is -0.444 e. The highest BCUT2D eigenvalue weighted by Gasteiger charge is 2.25. The maximum atomic E-state index is 12.3. The first-order valence-corrected chi connectivity index (χ1v) is 10.1. The Morgan fingerprint density at radius 1 is 1.39 bits per heavy atom. The van der Waals surface area contributed by atoms with E-state index in [1.54, 1.807) is 25.7 Å². The topological polar surface area (TPSA) is 82.4 Å². The summed E-state index contributed by atoms with van der Waals surface area (Å²) in [6, 6.07) is 7.95. The van der Waals surface area contributed by atoms with Crippen LogP contribution in [0.1, 0.15) is 56.2 Å². The second-order valence-electron chi connectivity index (χ2n) is 8.02. The molecule has 0 fully saturated rings. The van der Waals surface area contributed by atoms with E-state index in [9.17, 15) is 9.59 Å². The number of nitrogens with zero attached hydrogens (tertiary/aromatic N) is 2. The molecular formula is C21H28ClN3O3. The molecule has 0 heterocycles. The first-order chi connectivity index (χ1) is 13.2. The Hall–Kier alpha value is -2.26. The lowest BCUT2D eigenvalue weighted by molar-refractivity contribution is -0.128. The van der Waals surface area contributed by atoms with Crippen LogP contribution in [-0.2, 0) is 16.0 Å². The summed E-state index contributed by atoms with van der Waals surface area (Å²) in [5.74, 6) is -0.0575. The van der Waals surface area contributed by atoms with Gasteiger partial charge in [-0.15, -0.1) is 11.6 Å². The zero-order valence-corrected chi connectivity index (χ0v) is 17.5. The van der Waals surface area contributed by atoms with E-state index in [1.807, 2.05) is 18.2 Å². The molecule has 1 aromatic carbocycles. The normalized spacial score (nSPS) is 15.9. The molecule has 2 rings (SSSR count). The van der Waals surface area contributed by atoms with Gasteiger partial charge in [0.25, 0.3) is 0 Å². The molecule has 0 saturated carbocycles. The molecule has 28 heavy (non-hydrogen) atoms. The number of carbonyl (C=O) groups excluding carboxylic acids is 2. The molecule has 1 N–H and O–H groups in total. The van der Waals surface area contributed by atoms with Gasteiger partial charge >= 0.3 is 6.09 Å². The lowest BCUT2D eigenvalue weighted by Gasteiger charge is -2.31. The van der Waals surface area contributed by atoms with E-state index in [0.29, 0.717) is 25.2 Å². The van der Waals surface area contributed by atoms with E-state index < -0.39 is 11.7 Å². The maximum Gasteiger partial charge on any atom is 0.407 e. The van der Waals surface area contributed by atoms with E-state index in [1.165, 1.54) is 11.1 Å². The third-order valence-corrected chi connectivity index (χ3v) is 4.90. The molecule has 0 aromatic heterocycles. The van der Waals surface area contributed by atoms with Crippen LogP contribution in [0.25, 0.3) is 0 Å². The van der Waals surface area contributed by atoms with Crippen LogP contribution in [-0.4, -0.2) is 48.0 Å². The van der Waals surface area contributed by atoms with Crippen LogP contribution in [0.5, 0.6) is 0 Å². The van der Waals surface area contributed by atoms with Gasteiger partial charge in [0, 0.05) is 25.6 Å². The molecule has 7 heteroatoms. The summed E-state index contributed by atoms with van der Waals surface area (Å²) in [6.45, 7) is 6.61. The van der Waals surface area contributed by atoms with Crippen LogP contribution >= 0.6 is 11.6 Å². The van der Waals surface area contributed by atoms with Crippen molar-refractivity contribution in [1.29, 1.82) is 5.26 Å². The van der Waals surface area contributed by atoms with Crippen LogP contribution in [0.15, 0.2) is 18.2 Å². The molecule has 0 radical (unpaired) electrons. The average molecular weight is 406 g/mol. The molecule has 1 aromatic rings. The van der Waals surface area contributed by atoms with Crippen LogP contribution < -0.4 is 5.32 Å². The van der Waals surface area contributed by atoms with Crippen molar-refractivity contribution in [1.82, 2.24) is 10.2 Å². The number of amides is 2. The minimum atomic E-state index is -0.566. The molecule has 152 valence electrons. The molecule has 2 amide bonds. The summed E-state index contributed by atoms with van der Waals surface area (Å²) in [7, 11) is 0. The molecule has 0 saturated heterocycles. The number of nitriles is 1. The van der Waals surface area contributed by atoms with Crippen molar-refractivity contribution in [2.45, 2.75) is 51.6 Å². The van der Waals surface area contributed by atoms with Gasteiger partial charge in [0.15, 0.2) is 0 Å². The lowest BCUT2D eigenvalue weighted by atomic mass is 9.82. The number of halogens is 1. The summed E-state index contributed by atoms with van der Waals surface area (Å²) in [4.78, 5) is 25.8. The summed E-state index contributed by atoms with van der Waals surface area (Å²) < 4.78 is 5.22. The zero-order valence-electron chi connectivity index (χ0n) is 16.8. The molecule has 6 nitrogen and oxygen atoms in total. The van der Waals surface area contributed by atoms with Gasteiger partial charge in [-0.3, -0.25) is 4.79 Å². The van der Waals surface area contributed by atoms with Crippen LogP contribution in [0.2, 0.25) is 0 Å². The second kappa shape index (κ2) is 9.79. The molecule has 0 bridgehead atoms. The Bertz CT molecular complexity index is 752. The summed E-state index contributed by atoms with van der Waals surface area (Å²) in [5, 5.41) is 11.8. The molecule has 1 aliphatic carbocycles. The Morgan fingerprint density at radius 2 is 2.14 bits per heavy atom. The second-order valence-corrected chi connectivity index (χ2v) is 8.28. The fraction of sp³-hybridized carbons (Fsp3) is 0.571. The lowest BCUT2D eigenvalue weighted by Crippen LogP contribution is -2.42. The van der Waals surface area contributed by atoms with Gasteiger partial charge in [-0.05, 0) is 63.3 Å². The third-order valence-electron chi connectivity index (χ3n) is 4.67. The van der Waals surface area contributed by atoms with Gasteiger partial charge in [0.1, 0.15) is 11.5 Å². The first kappa shape index (κ1) is 22.0. The van der Waals surface area contributed by atoms with Gasteiger partial charge in [0.2, 0.25) is 5.91 Å². The monoisotopic (exact) mass is 405 g/mol. The van der Waals surface area contributed by atoms with Crippen LogP contribution in [0, 0.1) is 11.3 Å². The van der Waals surface area contributed by atoms with Crippen molar-refractivity contribution in [3.05, 3.63) is 34.9 Å². The van der Waals surface area contributed by atoms with Gasteiger partial charge in [0.05, 0.1) is 11.6 Å². The molecule has 0 spiro atoms. The summed E-state index contributed by atoms with van der Waals surface area (Å²) >= 11 is 5.79. The van der Waals surface area contributed by atoms with Crippen LogP contribution in [0.3, 0.4) is 0 Å².